The highest BCUT2D eigenvalue weighted by atomic mass is 35.5. The molecule has 1 saturated carbocycles. The number of morpholine rings is 1. The van der Waals surface area contributed by atoms with Gasteiger partial charge in [-0.2, -0.15) is 4.31 Å². The first-order valence-corrected chi connectivity index (χ1v) is 10.1. The predicted octanol–water partition coefficient (Wildman–Crippen LogP) is 2.37. The molecule has 1 aromatic carbocycles. The molecule has 0 bridgehead atoms. The van der Waals surface area contributed by atoms with Crippen molar-refractivity contribution in [3.63, 3.8) is 0 Å². The maximum atomic E-state index is 12.7. The number of esters is 1. The third-order valence-corrected chi connectivity index (χ3v) is 7.23. The SMILES string of the molecule is Cc1ccc(S(=O)(=O)N2CCOCC2)cc1C(=O)OC[C@H]1CC1(Cl)Cl. The number of rotatable bonds is 5. The minimum atomic E-state index is -3.67. The first-order valence-electron chi connectivity index (χ1n) is 7.95. The van der Waals surface area contributed by atoms with Gasteiger partial charge in [0, 0.05) is 19.0 Å². The van der Waals surface area contributed by atoms with Gasteiger partial charge in [0.1, 0.15) is 4.33 Å². The quantitative estimate of drug-likeness (QED) is 0.553. The fourth-order valence-electron chi connectivity index (χ4n) is 2.62. The standard InChI is InChI=1S/C16H19Cl2NO5S/c1-11-2-3-13(25(21,22)19-4-6-23-7-5-19)8-14(11)15(20)24-10-12-9-16(12,17)18/h2-3,8,12H,4-7,9-10H2,1H3/t12-/m1/s1. The average Bonchev–Trinajstić information content (AvgIpc) is 3.20. The van der Waals surface area contributed by atoms with Gasteiger partial charge in [-0.3, -0.25) is 0 Å². The Hall–Kier alpha value is -0.860. The summed E-state index contributed by atoms with van der Waals surface area (Å²) < 4.78 is 36.4. The van der Waals surface area contributed by atoms with E-state index < -0.39 is 20.3 Å². The van der Waals surface area contributed by atoms with Gasteiger partial charge in [-0.1, -0.05) is 6.07 Å². The summed E-state index contributed by atoms with van der Waals surface area (Å²) in [6, 6.07) is 4.47. The third-order valence-electron chi connectivity index (χ3n) is 4.41. The number of alkyl halides is 2. The van der Waals surface area contributed by atoms with Crippen molar-refractivity contribution in [2.45, 2.75) is 22.6 Å². The van der Waals surface area contributed by atoms with E-state index in [9.17, 15) is 13.2 Å². The van der Waals surface area contributed by atoms with Gasteiger partial charge in [0.05, 0.1) is 30.3 Å². The molecule has 0 N–H and O–H groups in total. The summed E-state index contributed by atoms with van der Waals surface area (Å²) in [4.78, 5) is 12.4. The summed E-state index contributed by atoms with van der Waals surface area (Å²) in [5.41, 5.74) is 0.870. The lowest BCUT2D eigenvalue weighted by molar-refractivity contribution is 0.0484. The van der Waals surface area contributed by atoms with Crippen molar-refractivity contribution in [3.8, 4) is 0 Å². The van der Waals surface area contributed by atoms with Crippen molar-refractivity contribution in [1.82, 2.24) is 4.31 Å². The van der Waals surface area contributed by atoms with E-state index in [0.29, 0.717) is 38.3 Å². The van der Waals surface area contributed by atoms with Gasteiger partial charge in [-0.05, 0) is 31.0 Å². The molecule has 0 unspecified atom stereocenters. The number of hydrogen-bond acceptors (Lipinski definition) is 5. The zero-order valence-electron chi connectivity index (χ0n) is 13.7. The number of carbonyl (C=O) groups excluding carboxylic acids is 1. The van der Waals surface area contributed by atoms with Crippen LogP contribution in [-0.4, -0.2) is 55.9 Å². The number of ether oxygens (including phenoxy) is 2. The topological polar surface area (TPSA) is 72.9 Å². The fraction of sp³-hybridized carbons (Fsp3) is 0.562. The Balaban J connectivity index is 1.76. The monoisotopic (exact) mass is 407 g/mol. The summed E-state index contributed by atoms with van der Waals surface area (Å²) in [5.74, 6) is -0.659. The number of nitrogens with zero attached hydrogens (tertiary/aromatic N) is 1. The van der Waals surface area contributed by atoms with Crippen LogP contribution in [0.1, 0.15) is 22.3 Å². The van der Waals surface area contributed by atoms with Gasteiger partial charge in [0.25, 0.3) is 0 Å². The largest absolute Gasteiger partial charge is 0.462 e. The van der Waals surface area contributed by atoms with Crippen LogP contribution in [0.3, 0.4) is 0 Å². The Kier molecular flexibility index (Phi) is 5.33. The molecular weight excluding hydrogens is 389 g/mol. The van der Waals surface area contributed by atoms with Crippen LogP contribution in [0.25, 0.3) is 0 Å². The van der Waals surface area contributed by atoms with Crippen molar-refractivity contribution in [1.29, 1.82) is 0 Å². The van der Waals surface area contributed by atoms with Crippen LogP contribution < -0.4 is 0 Å². The molecule has 1 saturated heterocycles. The molecule has 2 aliphatic rings. The van der Waals surface area contributed by atoms with Crippen LogP contribution in [0.5, 0.6) is 0 Å². The molecule has 2 fully saturated rings. The van der Waals surface area contributed by atoms with Crippen LogP contribution >= 0.6 is 23.2 Å². The zero-order valence-corrected chi connectivity index (χ0v) is 16.0. The summed E-state index contributed by atoms with van der Waals surface area (Å²) >= 11 is 11.8. The lowest BCUT2D eigenvalue weighted by atomic mass is 10.1. The number of aryl methyl sites for hydroxylation is 1. The molecule has 1 atom stereocenters. The third kappa shape index (κ3) is 4.11. The highest BCUT2D eigenvalue weighted by Crippen LogP contribution is 2.53. The second-order valence-corrected chi connectivity index (χ2v) is 9.73. The Bertz CT molecular complexity index is 775. The predicted molar refractivity (Wildman–Crippen MR) is 93.6 cm³/mol. The van der Waals surface area contributed by atoms with E-state index in [1.54, 1.807) is 13.0 Å². The van der Waals surface area contributed by atoms with Crippen LogP contribution in [0.15, 0.2) is 23.1 Å². The molecule has 1 aliphatic heterocycles. The molecule has 0 spiro atoms. The Morgan fingerprint density at radius 3 is 2.60 bits per heavy atom. The minimum absolute atomic E-state index is 0.0717. The van der Waals surface area contributed by atoms with E-state index in [1.165, 1.54) is 16.4 Å². The van der Waals surface area contributed by atoms with Gasteiger partial charge < -0.3 is 9.47 Å². The summed E-state index contributed by atoms with van der Waals surface area (Å²) in [6.07, 6.45) is 0.577. The van der Waals surface area contributed by atoms with Crippen molar-refractivity contribution in [3.05, 3.63) is 29.3 Å². The van der Waals surface area contributed by atoms with Crippen LogP contribution in [0.2, 0.25) is 0 Å². The maximum absolute atomic E-state index is 12.7. The molecule has 1 aromatic rings. The van der Waals surface area contributed by atoms with Gasteiger partial charge in [-0.25, -0.2) is 13.2 Å². The minimum Gasteiger partial charge on any atom is -0.462 e. The second kappa shape index (κ2) is 7.04. The second-order valence-electron chi connectivity index (χ2n) is 6.25. The number of benzene rings is 1. The van der Waals surface area contributed by atoms with Crippen LogP contribution in [0, 0.1) is 12.8 Å². The van der Waals surface area contributed by atoms with E-state index in [1.807, 2.05) is 0 Å². The molecule has 3 rings (SSSR count). The maximum Gasteiger partial charge on any atom is 0.338 e. The van der Waals surface area contributed by atoms with Crippen molar-refractivity contribution in [2.24, 2.45) is 5.92 Å². The Morgan fingerprint density at radius 1 is 1.36 bits per heavy atom. The lowest BCUT2D eigenvalue weighted by Gasteiger charge is -2.26. The number of carbonyl (C=O) groups is 1. The van der Waals surface area contributed by atoms with E-state index in [4.69, 9.17) is 32.7 Å². The molecular formula is C16H19Cl2NO5S. The van der Waals surface area contributed by atoms with E-state index >= 15 is 0 Å². The van der Waals surface area contributed by atoms with Crippen LogP contribution in [0.4, 0.5) is 0 Å². The Labute approximate surface area is 157 Å². The molecule has 0 radical (unpaired) electrons. The van der Waals surface area contributed by atoms with Crippen molar-refractivity contribution >= 4 is 39.2 Å². The molecule has 0 amide bonds. The van der Waals surface area contributed by atoms with Crippen LogP contribution in [-0.2, 0) is 19.5 Å². The lowest BCUT2D eigenvalue weighted by Crippen LogP contribution is -2.40. The van der Waals surface area contributed by atoms with Gasteiger partial charge in [-0.15, -0.1) is 23.2 Å². The number of halogens is 2. The molecule has 1 heterocycles. The fourth-order valence-corrected chi connectivity index (χ4v) is 4.56. The molecule has 0 aromatic heterocycles. The average molecular weight is 408 g/mol. The van der Waals surface area contributed by atoms with Crippen molar-refractivity contribution < 1.29 is 22.7 Å². The van der Waals surface area contributed by atoms with E-state index in [-0.39, 0.29) is 23.0 Å². The zero-order chi connectivity index (χ0) is 18.2. The molecule has 9 heteroatoms. The Morgan fingerprint density at radius 2 is 2.00 bits per heavy atom. The highest BCUT2D eigenvalue weighted by molar-refractivity contribution is 7.89. The molecule has 6 nitrogen and oxygen atoms in total. The first kappa shape index (κ1) is 18.9. The summed E-state index contributed by atoms with van der Waals surface area (Å²) in [6.45, 7) is 3.16. The number of sulfonamides is 1. The van der Waals surface area contributed by atoms with Crippen molar-refractivity contribution in [2.75, 3.05) is 32.9 Å². The normalized spacial score (nSPS) is 23.2. The summed E-state index contributed by atoms with van der Waals surface area (Å²) in [5, 5.41) is 0. The molecule has 1 aliphatic carbocycles. The molecule has 25 heavy (non-hydrogen) atoms. The smallest absolute Gasteiger partial charge is 0.338 e. The van der Waals surface area contributed by atoms with E-state index in [2.05, 4.69) is 0 Å². The first-order chi connectivity index (χ1) is 11.7. The number of hydrogen-bond donors (Lipinski definition) is 0. The summed E-state index contributed by atoms with van der Waals surface area (Å²) in [7, 11) is -3.67. The highest BCUT2D eigenvalue weighted by Gasteiger charge is 2.52. The van der Waals surface area contributed by atoms with Gasteiger partial charge >= 0.3 is 5.97 Å². The van der Waals surface area contributed by atoms with E-state index in [0.717, 1.165) is 0 Å². The van der Waals surface area contributed by atoms with Gasteiger partial charge in [0.2, 0.25) is 10.0 Å². The van der Waals surface area contributed by atoms with Gasteiger partial charge in [0.15, 0.2) is 0 Å². The molecule has 138 valence electrons.